The molecule has 0 atom stereocenters. The molecule has 2 heterocycles. The van der Waals surface area contributed by atoms with Crippen molar-refractivity contribution in [2.24, 2.45) is 34.6 Å². The number of hydrogen-bond donors (Lipinski definition) is 0. The maximum absolute atomic E-state index is 12.4. The van der Waals surface area contributed by atoms with Gasteiger partial charge in [0.05, 0.1) is 27.3 Å². The second-order valence-electron chi connectivity index (χ2n) is 10.7. The van der Waals surface area contributed by atoms with Crippen LogP contribution >= 0.6 is 23.1 Å². The van der Waals surface area contributed by atoms with Crippen molar-refractivity contribution in [3.05, 3.63) is 60.2 Å². The van der Waals surface area contributed by atoms with Gasteiger partial charge in [-0.2, -0.15) is 8.42 Å². The van der Waals surface area contributed by atoms with E-state index in [2.05, 4.69) is 65.0 Å². The maximum Gasteiger partial charge on any atom is 0.399 e. The molecular weight excluding hydrogens is 661 g/mol. The second-order valence-corrected chi connectivity index (χ2v) is 13.5. The van der Waals surface area contributed by atoms with Gasteiger partial charge in [0, 0.05) is 47.8 Å². The van der Waals surface area contributed by atoms with Crippen LogP contribution in [0.25, 0.3) is 0 Å². The molecule has 47 heavy (non-hydrogen) atoms. The lowest BCUT2D eigenvalue weighted by Crippen LogP contribution is -2.26. The van der Waals surface area contributed by atoms with E-state index in [0.29, 0.717) is 36.2 Å². The molecule has 14 nitrogen and oxygen atoms in total. The zero-order chi connectivity index (χ0) is 33.8. The maximum atomic E-state index is 12.4. The quantitative estimate of drug-likeness (QED) is 0.0687. The summed E-state index contributed by atoms with van der Waals surface area (Å²) in [6, 6.07) is 11.9. The lowest BCUT2D eigenvalue weighted by molar-refractivity contribution is -0.656. The molecule has 0 spiro atoms. The summed E-state index contributed by atoms with van der Waals surface area (Å²) in [5, 5.41) is 18.7. The Bertz CT molecular complexity index is 1650. The van der Waals surface area contributed by atoms with Gasteiger partial charge in [-0.05, 0) is 96.8 Å². The van der Waals surface area contributed by atoms with Crippen molar-refractivity contribution in [2.75, 3.05) is 49.2 Å². The van der Waals surface area contributed by atoms with E-state index in [0.717, 1.165) is 47.0 Å². The third kappa shape index (κ3) is 10.6. The zero-order valence-corrected chi connectivity index (χ0v) is 30.1. The average Bonchev–Trinajstić information content (AvgIpc) is 3.66. The summed E-state index contributed by atoms with van der Waals surface area (Å²) in [5.74, 6) is 0. The molecular formula is C30H42N10O4S3+2. The SMILES string of the molecule is CCN(CCCOS(=O)(=O)OCCCN(CC)c1ccc(N=Nc2snc[n+]2C)c(C)c1)c1ccc(N=Nc2snc[n+]2C)c(C)c1. The van der Waals surface area contributed by atoms with Crippen LogP contribution in [-0.2, 0) is 32.9 Å². The van der Waals surface area contributed by atoms with E-state index >= 15 is 0 Å². The third-order valence-corrected chi connectivity index (χ3v) is 9.63. The number of nitrogens with zero attached hydrogens (tertiary/aromatic N) is 10. The summed E-state index contributed by atoms with van der Waals surface area (Å²) in [4.78, 5) is 4.32. The number of rotatable bonds is 18. The van der Waals surface area contributed by atoms with Crippen LogP contribution in [0.15, 0.2) is 69.5 Å². The highest BCUT2D eigenvalue weighted by Crippen LogP contribution is 2.28. The normalized spacial score (nSPS) is 12.0. The highest BCUT2D eigenvalue weighted by atomic mass is 32.3. The van der Waals surface area contributed by atoms with Crippen LogP contribution in [-0.4, -0.2) is 56.6 Å². The van der Waals surface area contributed by atoms with Gasteiger partial charge in [-0.1, -0.05) is 10.2 Å². The van der Waals surface area contributed by atoms with E-state index in [9.17, 15) is 8.42 Å². The Kier molecular flexibility index (Phi) is 13.4. The van der Waals surface area contributed by atoms with Crippen LogP contribution < -0.4 is 18.9 Å². The number of benzene rings is 2. The minimum absolute atomic E-state index is 0.0290. The standard InChI is InChI=1S/C30H42N10O4S3/c1-7-39(25-11-13-27(23(3)19-25)33-35-29-37(5)21-31-45-29)15-9-17-43-47(41,42)44-18-10-16-40(8-2)26-12-14-28(24(4)20-26)34-36-30-38(6)22-32-46-30/h11-14,19-22H,7-10,15-18H2,1-6H3/q+2. The second kappa shape index (κ2) is 17.4. The third-order valence-electron chi connectivity index (χ3n) is 7.25. The molecule has 2 aromatic heterocycles. The fourth-order valence-electron chi connectivity index (χ4n) is 4.58. The molecule has 0 saturated carbocycles. The number of aromatic nitrogens is 4. The lowest BCUT2D eigenvalue weighted by atomic mass is 10.1. The molecule has 4 aromatic rings. The van der Waals surface area contributed by atoms with Crippen molar-refractivity contribution in [2.45, 2.75) is 40.5 Å². The summed E-state index contributed by atoms with van der Waals surface area (Å²) in [6.45, 7) is 10.9. The molecule has 0 aliphatic rings. The first-order chi connectivity index (χ1) is 22.6. The molecule has 0 bridgehead atoms. The monoisotopic (exact) mass is 702 g/mol. The van der Waals surface area contributed by atoms with E-state index in [-0.39, 0.29) is 13.2 Å². The number of hydrogen-bond acceptors (Lipinski definition) is 14. The minimum Gasteiger partial charge on any atom is -0.372 e. The van der Waals surface area contributed by atoms with Crippen molar-refractivity contribution < 1.29 is 25.9 Å². The molecule has 2 aromatic carbocycles. The van der Waals surface area contributed by atoms with Gasteiger partial charge < -0.3 is 9.80 Å². The highest BCUT2D eigenvalue weighted by molar-refractivity contribution is 7.81. The molecule has 0 fully saturated rings. The summed E-state index contributed by atoms with van der Waals surface area (Å²) in [7, 11) is -0.347. The fourth-order valence-corrected chi connectivity index (χ4v) is 6.37. The van der Waals surface area contributed by atoms with E-state index in [4.69, 9.17) is 8.37 Å². The minimum atomic E-state index is -4.09. The Morgan fingerprint density at radius 3 is 1.49 bits per heavy atom. The van der Waals surface area contributed by atoms with E-state index < -0.39 is 10.4 Å². The molecule has 0 aliphatic carbocycles. The molecule has 4 rings (SSSR count). The van der Waals surface area contributed by atoms with E-state index in [1.165, 1.54) is 23.1 Å². The van der Waals surface area contributed by atoms with Crippen molar-refractivity contribution >= 4 is 66.5 Å². The van der Waals surface area contributed by atoms with Crippen LogP contribution in [0.3, 0.4) is 0 Å². The predicted octanol–water partition coefficient (Wildman–Crippen LogP) is 6.11. The van der Waals surface area contributed by atoms with Crippen LogP contribution in [0.4, 0.5) is 33.0 Å². The summed E-state index contributed by atoms with van der Waals surface area (Å²) >= 11 is 2.56. The van der Waals surface area contributed by atoms with Crippen LogP contribution in [0.1, 0.15) is 37.8 Å². The Balaban J connectivity index is 1.19. The highest BCUT2D eigenvalue weighted by Gasteiger charge is 2.15. The smallest absolute Gasteiger partial charge is 0.372 e. The van der Waals surface area contributed by atoms with Crippen molar-refractivity contribution in [3.63, 3.8) is 0 Å². The number of anilines is 2. The Hall–Kier alpha value is -3.77. The molecule has 0 radical (unpaired) electrons. The first-order valence-electron chi connectivity index (χ1n) is 15.3. The van der Waals surface area contributed by atoms with Gasteiger partial charge in [-0.25, -0.2) is 17.5 Å². The summed E-state index contributed by atoms with van der Waals surface area (Å²) < 4.78 is 46.8. The molecule has 252 valence electrons. The van der Waals surface area contributed by atoms with Crippen LogP contribution in [0, 0.1) is 13.8 Å². The summed E-state index contributed by atoms with van der Waals surface area (Å²) in [5.41, 5.74) is 5.57. The van der Waals surface area contributed by atoms with Gasteiger partial charge in [-0.3, -0.25) is 0 Å². The zero-order valence-electron chi connectivity index (χ0n) is 27.6. The lowest BCUT2D eigenvalue weighted by Gasteiger charge is -2.24. The van der Waals surface area contributed by atoms with Crippen molar-refractivity contribution in [1.82, 2.24) is 8.75 Å². The topological polar surface area (TPSA) is 142 Å². The Morgan fingerprint density at radius 1 is 0.723 bits per heavy atom. The van der Waals surface area contributed by atoms with Gasteiger partial charge in [0.25, 0.3) is 0 Å². The number of azo groups is 2. The first kappa shape index (κ1) is 36.1. The summed E-state index contributed by atoms with van der Waals surface area (Å²) in [6.07, 6.45) is 4.42. The number of aryl methyl sites for hydroxylation is 4. The van der Waals surface area contributed by atoms with Gasteiger partial charge in [0.2, 0.25) is 12.7 Å². The van der Waals surface area contributed by atoms with Gasteiger partial charge >= 0.3 is 20.7 Å². The molecule has 0 unspecified atom stereocenters. The largest absolute Gasteiger partial charge is 0.399 e. The van der Waals surface area contributed by atoms with Gasteiger partial charge in [-0.15, -0.1) is 0 Å². The van der Waals surface area contributed by atoms with Gasteiger partial charge in [0.1, 0.15) is 34.4 Å². The molecule has 0 aliphatic heterocycles. The van der Waals surface area contributed by atoms with E-state index in [1.807, 2.05) is 61.3 Å². The fraction of sp³-hybridized carbons (Fsp3) is 0.467. The van der Waals surface area contributed by atoms with Gasteiger partial charge in [0.15, 0.2) is 0 Å². The Morgan fingerprint density at radius 2 is 1.15 bits per heavy atom. The van der Waals surface area contributed by atoms with Crippen molar-refractivity contribution in [3.8, 4) is 0 Å². The molecule has 0 amide bonds. The Labute approximate surface area is 284 Å². The van der Waals surface area contributed by atoms with Crippen LogP contribution in [0.2, 0.25) is 0 Å². The van der Waals surface area contributed by atoms with Crippen LogP contribution in [0.5, 0.6) is 0 Å². The molecule has 0 saturated heterocycles. The molecule has 0 N–H and O–H groups in total. The molecule has 17 heteroatoms. The van der Waals surface area contributed by atoms with Crippen molar-refractivity contribution in [1.29, 1.82) is 0 Å². The van der Waals surface area contributed by atoms with E-state index in [1.54, 1.807) is 12.7 Å². The predicted molar refractivity (Wildman–Crippen MR) is 183 cm³/mol. The first-order valence-corrected chi connectivity index (χ1v) is 18.2. The average molecular weight is 703 g/mol.